The Bertz CT molecular complexity index is 654. The summed E-state index contributed by atoms with van der Waals surface area (Å²) in [7, 11) is 10.5. The Labute approximate surface area is 210 Å². The van der Waals surface area contributed by atoms with Crippen LogP contribution in [0, 0.1) is 0 Å². The SMILES string of the molecule is C(C=Cc1ccccc1)=Cc1ccccc1.CC=C(C)C=[CH][Ti+3].C[N-]C.C[N-]C.C[N-]C. The van der Waals surface area contributed by atoms with Crippen molar-refractivity contribution >= 4 is 12.2 Å². The van der Waals surface area contributed by atoms with Crippen LogP contribution in [0.4, 0.5) is 0 Å². The van der Waals surface area contributed by atoms with E-state index in [1.165, 1.54) is 16.7 Å². The molecule has 0 amide bonds. The molecule has 0 aliphatic carbocycles. The molecule has 0 bridgehead atoms. The molecule has 0 aromatic heterocycles. The standard InChI is InChI=1S/C16H14.C6H9.3C2H6N.Ti/c1-3-9-15(10-4-1)13-7-8-14-16-11-5-2-6-12-16;1-4-6(3)5-2;3*1-3-2;/h1-14H;1,4-5H,2-3H3;3*1-2H3;/q;;3*-1;+3. The zero-order valence-electron chi connectivity index (χ0n) is 21.2. The van der Waals surface area contributed by atoms with Crippen molar-refractivity contribution in [3.05, 3.63) is 122 Å². The van der Waals surface area contributed by atoms with E-state index in [-0.39, 0.29) is 0 Å². The predicted molar refractivity (Wildman–Crippen MR) is 145 cm³/mol. The number of benzene rings is 2. The molecule has 0 heterocycles. The van der Waals surface area contributed by atoms with Crippen LogP contribution in [0.1, 0.15) is 25.0 Å². The fraction of sp³-hybridized carbons (Fsp3) is 0.286. The minimum Gasteiger partial charge on any atom is -0.668 e. The third-order valence-corrected chi connectivity index (χ3v) is 3.35. The van der Waals surface area contributed by atoms with Crippen molar-refractivity contribution in [2.45, 2.75) is 13.8 Å². The van der Waals surface area contributed by atoms with E-state index in [2.05, 4.69) is 83.6 Å². The summed E-state index contributed by atoms with van der Waals surface area (Å²) in [5, 5.41) is 10.5. The maximum absolute atomic E-state index is 3.50. The molecule has 0 atom stereocenters. The van der Waals surface area contributed by atoms with E-state index in [9.17, 15) is 0 Å². The molecule has 0 saturated carbocycles. The number of hydrogen-bond acceptors (Lipinski definition) is 0. The van der Waals surface area contributed by atoms with Crippen molar-refractivity contribution in [1.29, 1.82) is 0 Å². The third kappa shape index (κ3) is 30.2. The molecule has 0 aliphatic rings. The van der Waals surface area contributed by atoms with Gasteiger partial charge in [-0.1, -0.05) is 85.0 Å². The van der Waals surface area contributed by atoms with E-state index in [1.54, 1.807) is 42.3 Å². The van der Waals surface area contributed by atoms with E-state index in [4.69, 9.17) is 0 Å². The van der Waals surface area contributed by atoms with Crippen molar-refractivity contribution < 1.29 is 20.4 Å². The molecule has 0 fully saturated rings. The molecule has 32 heavy (non-hydrogen) atoms. The van der Waals surface area contributed by atoms with Gasteiger partial charge in [0.25, 0.3) is 0 Å². The van der Waals surface area contributed by atoms with Gasteiger partial charge in [0.05, 0.1) is 0 Å². The second-order valence-corrected chi connectivity index (χ2v) is 6.77. The first kappa shape index (κ1) is 34.6. The fourth-order valence-electron chi connectivity index (χ4n) is 1.69. The second kappa shape index (κ2) is 31.2. The number of allylic oxidation sites excluding steroid dienone is 5. The Kier molecular flexibility index (Phi) is 33.7. The van der Waals surface area contributed by atoms with Crippen molar-refractivity contribution in [2.24, 2.45) is 0 Å². The molecule has 0 saturated heterocycles. The van der Waals surface area contributed by atoms with E-state index >= 15 is 0 Å². The average Bonchev–Trinajstić information content (AvgIpc) is 2.80. The normalized spacial score (nSPS) is 10.2. The molecule has 4 heteroatoms. The Morgan fingerprint density at radius 1 is 0.656 bits per heavy atom. The number of hydrogen-bond donors (Lipinski definition) is 0. The number of nitrogens with zero attached hydrogens (tertiary/aromatic N) is 3. The summed E-state index contributed by atoms with van der Waals surface area (Å²) in [6.45, 7) is 4.12. The van der Waals surface area contributed by atoms with Gasteiger partial charge in [-0.25, -0.2) is 0 Å². The molecule has 0 unspecified atom stereocenters. The topological polar surface area (TPSA) is 42.3 Å². The third-order valence-electron chi connectivity index (χ3n) is 3.09. The van der Waals surface area contributed by atoms with Crippen molar-refractivity contribution in [2.75, 3.05) is 42.3 Å². The molecule has 2 rings (SSSR count). The van der Waals surface area contributed by atoms with E-state index in [1.807, 2.05) is 68.1 Å². The van der Waals surface area contributed by atoms with Crippen LogP contribution in [0.25, 0.3) is 28.1 Å². The molecule has 2 aromatic rings. The predicted octanol–water partition coefficient (Wildman–Crippen LogP) is 8.29. The fourth-order valence-corrected chi connectivity index (χ4v) is 2.10. The Morgan fingerprint density at radius 3 is 1.19 bits per heavy atom. The smallest absolute Gasteiger partial charge is 0.162 e. The van der Waals surface area contributed by atoms with Gasteiger partial charge in [0.15, 0.2) is 0 Å². The molecule has 3 nitrogen and oxygen atoms in total. The van der Waals surface area contributed by atoms with Gasteiger partial charge in [0, 0.05) is 0 Å². The average molecular weight is 468 g/mol. The monoisotopic (exact) mass is 467 g/mol. The van der Waals surface area contributed by atoms with Gasteiger partial charge < -0.3 is 16.0 Å². The van der Waals surface area contributed by atoms with Crippen LogP contribution in [0.3, 0.4) is 0 Å². The molecule has 0 radical (unpaired) electrons. The summed E-state index contributed by atoms with van der Waals surface area (Å²) < 4.78 is 2.04. The molecule has 0 spiro atoms. The molecular weight excluding hydrogens is 426 g/mol. The van der Waals surface area contributed by atoms with E-state index in [0.29, 0.717) is 0 Å². The summed E-state index contributed by atoms with van der Waals surface area (Å²) in [5.74, 6) is 0. The molecule has 172 valence electrons. The maximum atomic E-state index is 3.50. The van der Waals surface area contributed by atoms with Crippen molar-refractivity contribution in [3.63, 3.8) is 0 Å². The zero-order valence-corrected chi connectivity index (χ0v) is 22.7. The van der Waals surface area contributed by atoms with Crippen LogP contribution in [0.15, 0.2) is 94.9 Å². The first-order valence-electron chi connectivity index (χ1n) is 10.4. The van der Waals surface area contributed by atoms with E-state index in [0.717, 1.165) is 0 Å². The van der Waals surface area contributed by atoms with Crippen molar-refractivity contribution in [1.82, 2.24) is 0 Å². The Hall–Kier alpha value is -2.01. The van der Waals surface area contributed by atoms with Gasteiger partial charge in [-0.15, -0.1) is 0 Å². The van der Waals surface area contributed by atoms with Crippen LogP contribution in [-0.4, -0.2) is 42.3 Å². The van der Waals surface area contributed by atoms with Gasteiger partial charge in [0.1, 0.15) is 0 Å². The minimum atomic E-state index is 1.22. The van der Waals surface area contributed by atoms with Crippen LogP contribution < -0.4 is 0 Å². The number of rotatable bonds is 4. The summed E-state index contributed by atoms with van der Waals surface area (Å²) in [6, 6.07) is 20.6. The van der Waals surface area contributed by atoms with Crippen LogP contribution in [0.2, 0.25) is 0 Å². The van der Waals surface area contributed by atoms with Gasteiger partial charge in [0.2, 0.25) is 0 Å². The Balaban J connectivity index is -0.000000438. The largest absolute Gasteiger partial charge is 0.668 e. The molecule has 0 aliphatic heterocycles. The minimum absolute atomic E-state index is 1.22. The van der Waals surface area contributed by atoms with Crippen molar-refractivity contribution in [3.8, 4) is 0 Å². The van der Waals surface area contributed by atoms with Crippen LogP contribution in [0.5, 0.6) is 0 Å². The maximum Gasteiger partial charge on any atom is -0.162 e. The second-order valence-electron chi connectivity index (χ2n) is 6.25. The summed E-state index contributed by atoms with van der Waals surface area (Å²) in [4.78, 5) is 0. The van der Waals surface area contributed by atoms with E-state index < -0.39 is 0 Å². The summed E-state index contributed by atoms with van der Waals surface area (Å²) >= 11 is 2.02. The first-order chi connectivity index (χ1) is 15.5. The van der Waals surface area contributed by atoms with Gasteiger partial charge >= 0.3 is 56.4 Å². The Morgan fingerprint density at radius 2 is 0.969 bits per heavy atom. The zero-order chi connectivity index (χ0) is 24.9. The molecular formula is C28H41N3Ti. The van der Waals surface area contributed by atoms with Crippen LogP contribution in [-0.2, 0) is 20.4 Å². The molecule has 2 aromatic carbocycles. The van der Waals surface area contributed by atoms with Gasteiger partial charge in [-0.05, 0) is 11.1 Å². The van der Waals surface area contributed by atoms with Gasteiger partial charge in [-0.3, -0.25) is 0 Å². The summed E-state index contributed by atoms with van der Waals surface area (Å²) in [6.07, 6.45) is 12.5. The van der Waals surface area contributed by atoms with Gasteiger partial charge in [-0.2, -0.15) is 42.3 Å². The first-order valence-corrected chi connectivity index (χ1v) is 11.3. The summed E-state index contributed by atoms with van der Waals surface area (Å²) in [5.41, 5.74) is 3.77. The van der Waals surface area contributed by atoms with Crippen LogP contribution >= 0.6 is 0 Å². The quantitative estimate of drug-likeness (QED) is 0.321. The molecule has 0 N–H and O–H groups in total.